The van der Waals surface area contributed by atoms with Gasteiger partial charge in [0.05, 0.1) is 19.1 Å². The minimum Gasteiger partial charge on any atom is -0.347 e. The minimum absolute atomic E-state index is 0.142. The first-order chi connectivity index (χ1) is 10.7. The van der Waals surface area contributed by atoms with Gasteiger partial charge < -0.3 is 19.3 Å². The number of hydrogen-bond acceptors (Lipinski definition) is 4. The van der Waals surface area contributed by atoms with Crippen LogP contribution in [0, 0.1) is 5.92 Å². The molecule has 1 saturated carbocycles. The molecule has 4 rings (SSSR count). The van der Waals surface area contributed by atoms with Crippen LogP contribution in [0.25, 0.3) is 0 Å². The third-order valence-electron chi connectivity index (χ3n) is 5.67. The van der Waals surface area contributed by atoms with Gasteiger partial charge in [-0.3, -0.25) is 9.59 Å². The van der Waals surface area contributed by atoms with E-state index < -0.39 is 5.79 Å². The van der Waals surface area contributed by atoms with Crippen LogP contribution >= 0.6 is 0 Å². The van der Waals surface area contributed by atoms with E-state index >= 15 is 0 Å². The Morgan fingerprint density at radius 2 is 1.82 bits per heavy atom. The van der Waals surface area contributed by atoms with Crippen LogP contribution < -0.4 is 0 Å². The Bertz CT molecular complexity index is 461. The molecule has 6 nitrogen and oxygen atoms in total. The number of ether oxygens (including phenoxy) is 2. The molecule has 4 fully saturated rings. The molecule has 122 valence electrons. The van der Waals surface area contributed by atoms with Crippen molar-refractivity contribution in [2.75, 3.05) is 32.8 Å². The number of rotatable bonds is 2. The highest BCUT2D eigenvalue weighted by Crippen LogP contribution is 2.34. The average molecular weight is 308 g/mol. The van der Waals surface area contributed by atoms with Gasteiger partial charge in [0.1, 0.15) is 0 Å². The third kappa shape index (κ3) is 2.42. The van der Waals surface area contributed by atoms with Crippen molar-refractivity contribution in [3.8, 4) is 0 Å². The van der Waals surface area contributed by atoms with Crippen molar-refractivity contribution in [3.63, 3.8) is 0 Å². The molecule has 4 aliphatic rings. The van der Waals surface area contributed by atoms with Crippen LogP contribution in [0.15, 0.2) is 0 Å². The third-order valence-corrected chi connectivity index (χ3v) is 5.67. The van der Waals surface area contributed by atoms with Gasteiger partial charge in [-0.15, -0.1) is 0 Å². The number of carbonyl (C=O) groups is 2. The Morgan fingerprint density at radius 3 is 2.41 bits per heavy atom. The largest absolute Gasteiger partial charge is 0.347 e. The van der Waals surface area contributed by atoms with E-state index in [1.54, 1.807) is 0 Å². The predicted octanol–water partition coefficient (Wildman–Crippen LogP) is 0.753. The van der Waals surface area contributed by atoms with Gasteiger partial charge in [0.15, 0.2) is 5.79 Å². The van der Waals surface area contributed by atoms with Gasteiger partial charge in [-0.2, -0.15) is 0 Å². The summed E-state index contributed by atoms with van der Waals surface area (Å²) in [4.78, 5) is 28.7. The number of piperidine rings is 1. The first kappa shape index (κ1) is 14.5. The van der Waals surface area contributed by atoms with Crippen LogP contribution in [0.3, 0.4) is 0 Å². The number of likely N-dealkylation sites (tertiary alicyclic amines) is 2. The van der Waals surface area contributed by atoms with E-state index in [0.29, 0.717) is 45.3 Å². The zero-order valence-corrected chi connectivity index (χ0v) is 13.0. The van der Waals surface area contributed by atoms with E-state index in [1.165, 1.54) is 6.42 Å². The fourth-order valence-electron chi connectivity index (χ4n) is 4.06. The maximum absolute atomic E-state index is 12.7. The summed E-state index contributed by atoms with van der Waals surface area (Å²) in [6, 6.07) is 0.398. The lowest BCUT2D eigenvalue weighted by Gasteiger charge is -2.38. The van der Waals surface area contributed by atoms with Crippen molar-refractivity contribution in [1.29, 1.82) is 0 Å². The van der Waals surface area contributed by atoms with Crippen molar-refractivity contribution >= 4 is 11.8 Å². The number of hydrogen-bond donors (Lipinski definition) is 0. The number of amides is 2. The van der Waals surface area contributed by atoms with E-state index in [1.807, 2.05) is 9.80 Å². The first-order valence-electron chi connectivity index (χ1n) is 8.53. The Labute approximate surface area is 130 Å². The summed E-state index contributed by atoms with van der Waals surface area (Å²) in [6.07, 6.45) is 5.30. The molecular weight excluding hydrogens is 284 g/mol. The van der Waals surface area contributed by atoms with Crippen molar-refractivity contribution in [2.24, 2.45) is 5.92 Å². The average Bonchev–Trinajstić information content (AvgIpc) is 3.06. The highest BCUT2D eigenvalue weighted by atomic mass is 16.7. The molecule has 0 N–H and O–H groups in total. The maximum atomic E-state index is 12.7. The molecule has 0 bridgehead atoms. The molecule has 22 heavy (non-hydrogen) atoms. The normalized spacial score (nSPS) is 31.8. The van der Waals surface area contributed by atoms with Crippen molar-refractivity contribution in [3.05, 3.63) is 0 Å². The van der Waals surface area contributed by atoms with Crippen LogP contribution in [0.4, 0.5) is 0 Å². The van der Waals surface area contributed by atoms with Gasteiger partial charge >= 0.3 is 0 Å². The topological polar surface area (TPSA) is 59.1 Å². The highest BCUT2D eigenvalue weighted by Gasteiger charge is 2.44. The van der Waals surface area contributed by atoms with Crippen LogP contribution in [0.1, 0.15) is 38.5 Å². The van der Waals surface area contributed by atoms with E-state index in [-0.39, 0.29) is 17.7 Å². The lowest BCUT2D eigenvalue weighted by atomic mass is 9.92. The molecule has 1 spiro atoms. The van der Waals surface area contributed by atoms with Gasteiger partial charge in [-0.25, -0.2) is 0 Å². The van der Waals surface area contributed by atoms with Crippen LogP contribution in [-0.4, -0.2) is 66.3 Å². The minimum atomic E-state index is -0.444. The summed E-state index contributed by atoms with van der Waals surface area (Å²) >= 11 is 0. The molecule has 0 aromatic rings. The second-order valence-corrected chi connectivity index (χ2v) is 6.96. The monoisotopic (exact) mass is 308 g/mol. The Morgan fingerprint density at radius 1 is 1.14 bits per heavy atom. The van der Waals surface area contributed by atoms with Gasteiger partial charge in [-0.05, 0) is 19.3 Å². The summed E-state index contributed by atoms with van der Waals surface area (Å²) < 4.78 is 11.4. The molecule has 3 saturated heterocycles. The fraction of sp³-hybridized carbons (Fsp3) is 0.875. The molecule has 1 atom stereocenters. The van der Waals surface area contributed by atoms with E-state index in [0.717, 1.165) is 25.7 Å². The van der Waals surface area contributed by atoms with E-state index in [4.69, 9.17) is 9.47 Å². The van der Waals surface area contributed by atoms with Crippen LogP contribution in [0.5, 0.6) is 0 Å². The smallest absolute Gasteiger partial charge is 0.228 e. The summed E-state index contributed by atoms with van der Waals surface area (Å²) in [5, 5.41) is 0. The number of nitrogens with zero attached hydrogens (tertiary/aromatic N) is 2. The second-order valence-electron chi connectivity index (χ2n) is 6.96. The first-order valence-corrected chi connectivity index (χ1v) is 8.53. The zero-order chi connectivity index (χ0) is 15.2. The van der Waals surface area contributed by atoms with Crippen molar-refractivity contribution < 1.29 is 19.1 Å². The SMILES string of the molecule is O=C(C1CC(=O)N(C2CCC2)C1)N1CCC2(CC1)OCCO2. The Kier molecular flexibility index (Phi) is 3.61. The summed E-state index contributed by atoms with van der Waals surface area (Å²) in [6.45, 7) is 3.28. The standard InChI is InChI=1S/C16H24N2O4/c19-14-10-12(11-18(14)13-2-1-3-13)15(20)17-6-4-16(5-7-17)21-8-9-22-16/h12-13H,1-11H2. The van der Waals surface area contributed by atoms with Gasteiger partial charge in [0.25, 0.3) is 0 Å². The Balaban J connectivity index is 1.33. The molecule has 1 unspecified atom stereocenters. The van der Waals surface area contributed by atoms with Crippen molar-refractivity contribution in [1.82, 2.24) is 9.80 Å². The fourth-order valence-corrected chi connectivity index (χ4v) is 4.06. The maximum Gasteiger partial charge on any atom is 0.228 e. The predicted molar refractivity (Wildman–Crippen MR) is 77.9 cm³/mol. The molecule has 0 aromatic carbocycles. The summed E-state index contributed by atoms with van der Waals surface area (Å²) in [7, 11) is 0. The summed E-state index contributed by atoms with van der Waals surface area (Å²) in [5.41, 5.74) is 0. The zero-order valence-electron chi connectivity index (χ0n) is 13.0. The molecular formula is C16H24N2O4. The van der Waals surface area contributed by atoms with E-state index in [9.17, 15) is 9.59 Å². The molecule has 6 heteroatoms. The number of carbonyl (C=O) groups excluding carboxylic acids is 2. The van der Waals surface area contributed by atoms with Crippen molar-refractivity contribution in [2.45, 2.75) is 50.4 Å². The van der Waals surface area contributed by atoms with Gasteiger partial charge in [0, 0.05) is 44.9 Å². The molecule has 3 aliphatic heterocycles. The van der Waals surface area contributed by atoms with E-state index in [2.05, 4.69) is 0 Å². The van der Waals surface area contributed by atoms with Gasteiger partial charge in [-0.1, -0.05) is 0 Å². The summed E-state index contributed by atoms with van der Waals surface area (Å²) in [5.74, 6) is -0.283. The molecule has 0 radical (unpaired) electrons. The lowest BCUT2D eigenvalue weighted by Crippen LogP contribution is -2.49. The quantitative estimate of drug-likeness (QED) is 0.755. The van der Waals surface area contributed by atoms with Crippen LogP contribution in [-0.2, 0) is 19.1 Å². The molecule has 0 aromatic heterocycles. The molecule has 1 aliphatic carbocycles. The van der Waals surface area contributed by atoms with Crippen LogP contribution in [0.2, 0.25) is 0 Å². The second kappa shape index (κ2) is 5.49. The highest BCUT2D eigenvalue weighted by molar-refractivity contribution is 5.89. The molecule has 3 heterocycles. The van der Waals surface area contributed by atoms with Gasteiger partial charge in [0.2, 0.25) is 11.8 Å². The lowest BCUT2D eigenvalue weighted by molar-refractivity contribution is -0.188. The molecule has 2 amide bonds. The Hall–Kier alpha value is -1.14.